The fourth-order valence-corrected chi connectivity index (χ4v) is 4.57. The van der Waals surface area contributed by atoms with Gasteiger partial charge in [0.05, 0.1) is 5.69 Å². The summed E-state index contributed by atoms with van der Waals surface area (Å²) < 4.78 is 22.2. The molecule has 1 amide bonds. The Morgan fingerprint density at radius 1 is 1.28 bits per heavy atom. The molecule has 2 N–H and O–H groups in total. The maximum Gasteiger partial charge on any atom is 0.261 e. The molecule has 0 bridgehead atoms. The standard InChI is InChI=1S/C25H25ClFN5O4/c1-12-13(2)28-23-21(17-6-5-16(26)10-18(17)27)29-19(11-32(23)25(12)34)15-7-8-36-20(9-15)22(31-35)30-24(33)14-3-4-14/h5-6,10-11,14-15,20,35H,3-4,7-9H2,1-2H3,(H,30,31,33). The Labute approximate surface area is 211 Å². The van der Waals surface area contributed by atoms with Gasteiger partial charge in [0.15, 0.2) is 11.5 Å². The van der Waals surface area contributed by atoms with Crippen molar-refractivity contribution in [1.29, 1.82) is 0 Å². The summed E-state index contributed by atoms with van der Waals surface area (Å²) in [6.07, 6.45) is 3.49. The van der Waals surface area contributed by atoms with Crippen molar-refractivity contribution in [2.75, 3.05) is 6.61 Å². The zero-order chi connectivity index (χ0) is 25.6. The van der Waals surface area contributed by atoms with Crippen molar-refractivity contribution in [1.82, 2.24) is 19.7 Å². The van der Waals surface area contributed by atoms with Gasteiger partial charge in [-0.1, -0.05) is 16.8 Å². The molecule has 5 rings (SSSR count). The molecule has 2 atom stereocenters. The Morgan fingerprint density at radius 2 is 2.06 bits per heavy atom. The Morgan fingerprint density at radius 3 is 2.75 bits per heavy atom. The maximum absolute atomic E-state index is 15.0. The third-order valence-corrected chi connectivity index (χ3v) is 7.03. The van der Waals surface area contributed by atoms with E-state index in [1.54, 1.807) is 26.1 Å². The topological polar surface area (TPSA) is 118 Å². The van der Waals surface area contributed by atoms with E-state index in [9.17, 15) is 19.2 Å². The number of amidine groups is 1. The largest absolute Gasteiger partial charge is 0.409 e. The predicted molar refractivity (Wildman–Crippen MR) is 131 cm³/mol. The van der Waals surface area contributed by atoms with Crippen molar-refractivity contribution in [2.24, 2.45) is 11.1 Å². The van der Waals surface area contributed by atoms with Gasteiger partial charge in [0.25, 0.3) is 5.56 Å². The lowest BCUT2D eigenvalue weighted by atomic mass is 9.91. The van der Waals surface area contributed by atoms with Crippen LogP contribution in [0.4, 0.5) is 4.39 Å². The van der Waals surface area contributed by atoms with Crippen molar-refractivity contribution in [2.45, 2.75) is 51.6 Å². The number of hydrogen-bond acceptors (Lipinski definition) is 7. The van der Waals surface area contributed by atoms with Crippen LogP contribution < -0.4 is 10.9 Å². The third kappa shape index (κ3) is 4.58. The molecule has 3 heterocycles. The minimum Gasteiger partial charge on any atom is -0.409 e. The SMILES string of the molecule is Cc1nc2c(-c3ccc(Cl)cc3F)nc(C3CCOC(C(=NO)NC(=O)C4CC4)C3)cn2c(=O)c1C. The second-order valence-electron chi connectivity index (χ2n) is 9.29. The number of hydrogen-bond donors (Lipinski definition) is 2. The molecule has 2 fully saturated rings. The van der Waals surface area contributed by atoms with E-state index in [1.807, 2.05) is 0 Å². The number of oxime groups is 1. The van der Waals surface area contributed by atoms with Crippen LogP contribution in [0, 0.1) is 25.6 Å². The number of carbonyl (C=O) groups excluding carboxylic acids is 1. The first kappa shape index (κ1) is 24.3. The molecule has 1 saturated heterocycles. The molecule has 188 valence electrons. The first-order valence-electron chi connectivity index (χ1n) is 11.8. The Balaban J connectivity index is 1.57. The van der Waals surface area contributed by atoms with Gasteiger partial charge < -0.3 is 15.3 Å². The zero-order valence-electron chi connectivity index (χ0n) is 19.8. The van der Waals surface area contributed by atoms with E-state index in [2.05, 4.69) is 15.5 Å². The number of ether oxygens (including phenoxy) is 1. The van der Waals surface area contributed by atoms with Crippen LogP contribution in [0.5, 0.6) is 0 Å². The van der Waals surface area contributed by atoms with Crippen LogP contribution in [-0.4, -0.2) is 44.0 Å². The highest BCUT2D eigenvalue weighted by atomic mass is 35.5. The van der Waals surface area contributed by atoms with E-state index >= 15 is 0 Å². The van der Waals surface area contributed by atoms with Crippen molar-refractivity contribution in [3.63, 3.8) is 0 Å². The predicted octanol–water partition coefficient (Wildman–Crippen LogP) is 3.74. The molecule has 2 aromatic heterocycles. The van der Waals surface area contributed by atoms with Crippen LogP contribution in [0.15, 0.2) is 34.3 Å². The average molecular weight is 514 g/mol. The van der Waals surface area contributed by atoms with Crippen molar-refractivity contribution in [3.8, 4) is 11.3 Å². The van der Waals surface area contributed by atoms with Gasteiger partial charge in [0.1, 0.15) is 17.6 Å². The highest BCUT2D eigenvalue weighted by Crippen LogP contribution is 2.34. The van der Waals surface area contributed by atoms with Gasteiger partial charge in [-0.25, -0.2) is 14.4 Å². The summed E-state index contributed by atoms with van der Waals surface area (Å²) >= 11 is 5.96. The number of rotatable bonds is 4. The molecule has 36 heavy (non-hydrogen) atoms. The van der Waals surface area contributed by atoms with Crippen molar-refractivity contribution < 1.29 is 19.1 Å². The van der Waals surface area contributed by atoms with E-state index < -0.39 is 11.9 Å². The lowest BCUT2D eigenvalue weighted by molar-refractivity contribution is -0.121. The van der Waals surface area contributed by atoms with E-state index in [0.29, 0.717) is 36.4 Å². The molecule has 1 aliphatic heterocycles. The van der Waals surface area contributed by atoms with E-state index in [4.69, 9.17) is 21.3 Å². The molecule has 11 heteroatoms. The van der Waals surface area contributed by atoms with Gasteiger partial charge in [-0.2, -0.15) is 0 Å². The van der Waals surface area contributed by atoms with Crippen molar-refractivity contribution >= 4 is 29.0 Å². The maximum atomic E-state index is 15.0. The number of benzene rings is 1. The second-order valence-corrected chi connectivity index (χ2v) is 9.73. The molecule has 0 radical (unpaired) electrons. The number of aromatic nitrogens is 3. The zero-order valence-corrected chi connectivity index (χ0v) is 20.5. The first-order valence-corrected chi connectivity index (χ1v) is 12.1. The van der Waals surface area contributed by atoms with Crippen LogP contribution in [0.3, 0.4) is 0 Å². The number of carbonyl (C=O) groups is 1. The lowest BCUT2D eigenvalue weighted by Crippen LogP contribution is -2.43. The summed E-state index contributed by atoms with van der Waals surface area (Å²) in [7, 11) is 0. The molecule has 9 nitrogen and oxygen atoms in total. The highest BCUT2D eigenvalue weighted by molar-refractivity contribution is 6.30. The van der Waals surface area contributed by atoms with Crippen LogP contribution in [0.1, 0.15) is 48.6 Å². The number of nitrogens with zero attached hydrogens (tertiary/aromatic N) is 4. The smallest absolute Gasteiger partial charge is 0.261 e. The molecule has 2 aliphatic rings. The second kappa shape index (κ2) is 9.59. The average Bonchev–Trinajstić information content (AvgIpc) is 3.71. The van der Waals surface area contributed by atoms with Crippen LogP contribution >= 0.6 is 11.6 Å². The van der Waals surface area contributed by atoms with Crippen molar-refractivity contribution in [3.05, 3.63) is 62.5 Å². The monoisotopic (exact) mass is 513 g/mol. The number of aryl methyl sites for hydroxylation is 1. The number of fused-ring (bicyclic) bond motifs is 1. The van der Waals surface area contributed by atoms with E-state index in [0.717, 1.165) is 12.8 Å². The molecule has 0 spiro atoms. The van der Waals surface area contributed by atoms with Crippen LogP contribution in [0.2, 0.25) is 5.02 Å². The van der Waals surface area contributed by atoms with Gasteiger partial charge in [-0.15, -0.1) is 0 Å². The summed E-state index contributed by atoms with van der Waals surface area (Å²) in [4.78, 5) is 34.7. The molecule has 1 aromatic carbocycles. The van der Waals surface area contributed by atoms with Gasteiger partial charge in [0, 0.05) is 46.5 Å². The molecular weight excluding hydrogens is 489 g/mol. The first-order chi connectivity index (χ1) is 17.3. The number of halogens is 2. The van der Waals surface area contributed by atoms with Gasteiger partial charge >= 0.3 is 0 Å². The Bertz CT molecular complexity index is 1450. The fourth-order valence-electron chi connectivity index (χ4n) is 4.41. The number of nitrogens with one attached hydrogen (secondary N) is 1. The normalized spacial score (nSPS) is 20.5. The van der Waals surface area contributed by atoms with Crippen LogP contribution in [0.25, 0.3) is 16.9 Å². The quantitative estimate of drug-likeness (QED) is 0.237. The summed E-state index contributed by atoms with van der Waals surface area (Å²) in [5.41, 5.74) is 1.93. The third-order valence-electron chi connectivity index (χ3n) is 6.80. The van der Waals surface area contributed by atoms with Crippen LogP contribution in [-0.2, 0) is 9.53 Å². The minimum absolute atomic E-state index is 0.0478. The number of amides is 1. The molecule has 3 aromatic rings. The fraction of sp³-hybridized carbons (Fsp3) is 0.400. The van der Waals surface area contributed by atoms with Gasteiger partial charge in [-0.3, -0.25) is 14.0 Å². The summed E-state index contributed by atoms with van der Waals surface area (Å²) in [5, 5.41) is 15.7. The van der Waals surface area contributed by atoms with E-state index in [-0.39, 0.29) is 51.1 Å². The molecule has 1 saturated carbocycles. The molecule has 2 unspecified atom stereocenters. The minimum atomic E-state index is -0.667. The van der Waals surface area contributed by atoms with Gasteiger partial charge in [0.2, 0.25) is 5.91 Å². The highest BCUT2D eigenvalue weighted by Gasteiger charge is 2.35. The molecular formula is C25H25ClFN5O4. The summed E-state index contributed by atoms with van der Waals surface area (Å²) in [5.74, 6) is -1.01. The summed E-state index contributed by atoms with van der Waals surface area (Å²) in [6.45, 7) is 3.73. The lowest BCUT2D eigenvalue weighted by Gasteiger charge is -2.30. The Hall–Kier alpha value is -3.37. The van der Waals surface area contributed by atoms with Gasteiger partial charge in [-0.05, 0) is 57.7 Å². The summed E-state index contributed by atoms with van der Waals surface area (Å²) in [6, 6.07) is 4.26. The Kier molecular flexibility index (Phi) is 6.48. The van der Waals surface area contributed by atoms with E-state index in [1.165, 1.54) is 16.5 Å². The molecule has 1 aliphatic carbocycles.